The minimum Gasteiger partial charge on any atom is -0.481 e. The molecule has 0 radical (unpaired) electrons. The van der Waals surface area contributed by atoms with E-state index in [0.717, 1.165) is 28.7 Å². The molecule has 7 nitrogen and oxygen atoms in total. The first-order chi connectivity index (χ1) is 16.3. The lowest BCUT2D eigenvalue weighted by Gasteiger charge is -2.22. The Bertz CT molecular complexity index is 976. The Morgan fingerprint density at radius 1 is 1.00 bits per heavy atom. The molecular formula is C27H34N2O5. The number of hydrogen-bond acceptors (Lipinski definition) is 4. The van der Waals surface area contributed by atoms with E-state index in [1.54, 1.807) is 6.92 Å². The van der Waals surface area contributed by atoms with E-state index >= 15 is 0 Å². The van der Waals surface area contributed by atoms with Crippen LogP contribution in [0.4, 0.5) is 4.79 Å². The van der Waals surface area contributed by atoms with Crippen molar-refractivity contribution in [2.24, 2.45) is 11.8 Å². The molecule has 7 heteroatoms. The predicted octanol–water partition coefficient (Wildman–Crippen LogP) is 4.56. The fourth-order valence-electron chi connectivity index (χ4n) is 4.24. The molecule has 0 spiro atoms. The fourth-order valence-corrected chi connectivity index (χ4v) is 4.24. The Balaban J connectivity index is 1.61. The molecule has 3 N–H and O–H groups in total. The van der Waals surface area contributed by atoms with Crippen LogP contribution in [0.3, 0.4) is 0 Å². The summed E-state index contributed by atoms with van der Waals surface area (Å²) in [5.41, 5.74) is 4.55. The topological polar surface area (TPSA) is 105 Å². The number of aliphatic carboxylic acids is 1. The van der Waals surface area contributed by atoms with Gasteiger partial charge in [0.05, 0.1) is 5.92 Å². The number of rotatable bonds is 11. The summed E-state index contributed by atoms with van der Waals surface area (Å²) in [6, 6.07) is 15.5. The third-order valence-electron chi connectivity index (χ3n) is 6.59. The molecule has 1 aliphatic rings. The fraction of sp³-hybridized carbons (Fsp3) is 0.444. The number of benzene rings is 2. The van der Waals surface area contributed by atoms with Crippen molar-refractivity contribution >= 4 is 18.0 Å². The number of amides is 2. The molecule has 0 aromatic heterocycles. The van der Waals surface area contributed by atoms with Crippen LogP contribution in [0.2, 0.25) is 0 Å². The van der Waals surface area contributed by atoms with E-state index in [2.05, 4.69) is 34.9 Å². The quantitative estimate of drug-likeness (QED) is 0.450. The maximum Gasteiger partial charge on any atom is 0.407 e. The second kappa shape index (κ2) is 11.7. The molecule has 2 aromatic rings. The van der Waals surface area contributed by atoms with Crippen LogP contribution in [0.15, 0.2) is 48.5 Å². The highest BCUT2D eigenvalue weighted by atomic mass is 16.5. The van der Waals surface area contributed by atoms with Crippen LogP contribution in [-0.4, -0.2) is 42.3 Å². The minimum atomic E-state index is -0.901. The van der Waals surface area contributed by atoms with E-state index < -0.39 is 24.0 Å². The summed E-state index contributed by atoms with van der Waals surface area (Å²) in [4.78, 5) is 36.4. The third kappa shape index (κ3) is 6.16. The van der Waals surface area contributed by atoms with Crippen LogP contribution in [0.25, 0.3) is 11.1 Å². The zero-order valence-corrected chi connectivity index (χ0v) is 20.0. The maximum atomic E-state index is 12.7. The first-order valence-corrected chi connectivity index (χ1v) is 11.9. The molecule has 0 bridgehead atoms. The zero-order valence-electron chi connectivity index (χ0n) is 20.0. The van der Waals surface area contributed by atoms with Crippen LogP contribution < -0.4 is 10.6 Å². The molecule has 0 fully saturated rings. The van der Waals surface area contributed by atoms with Gasteiger partial charge in [0, 0.05) is 12.5 Å². The number of fused-ring (bicyclic) bond motifs is 3. The van der Waals surface area contributed by atoms with Gasteiger partial charge in [0.2, 0.25) is 5.91 Å². The highest BCUT2D eigenvalue weighted by Gasteiger charge is 2.30. The monoisotopic (exact) mass is 466 g/mol. The minimum absolute atomic E-state index is 0.0579. The van der Waals surface area contributed by atoms with Gasteiger partial charge in [-0.3, -0.25) is 9.59 Å². The molecule has 2 aromatic carbocycles. The van der Waals surface area contributed by atoms with Gasteiger partial charge in [0.15, 0.2) is 0 Å². The Hall–Kier alpha value is -3.35. The van der Waals surface area contributed by atoms with Crippen molar-refractivity contribution in [3.63, 3.8) is 0 Å². The van der Waals surface area contributed by atoms with Crippen molar-refractivity contribution in [3.8, 4) is 11.1 Å². The van der Waals surface area contributed by atoms with Gasteiger partial charge in [-0.25, -0.2) is 4.79 Å². The lowest BCUT2D eigenvalue weighted by Crippen LogP contribution is -2.48. The standard InChI is InChI=1S/C27H34N2O5/c1-4-17(2)15-24(25(30)28-14-13-18(3)26(31)32)29-27(33)34-16-23-21-11-7-5-9-19(21)20-10-6-8-12-22(20)23/h5-12,17-18,23-24H,4,13-16H2,1-3H3,(H,28,30)(H,29,33)(H,31,32). The normalized spacial score (nSPS) is 14.9. The number of carbonyl (C=O) groups excluding carboxylic acids is 2. The smallest absolute Gasteiger partial charge is 0.407 e. The molecule has 3 atom stereocenters. The molecule has 0 saturated carbocycles. The van der Waals surface area contributed by atoms with Crippen molar-refractivity contribution in [2.45, 2.75) is 52.0 Å². The average Bonchev–Trinajstić information content (AvgIpc) is 3.15. The van der Waals surface area contributed by atoms with Gasteiger partial charge in [0.25, 0.3) is 0 Å². The van der Waals surface area contributed by atoms with E-state index in [1.807, 2.05) is 38.1 Å². The van der Waals surface area contributed by atoms with Gasteiger partial charge in [0.1, 0.15) is 12.6 Å². The summed E-state index contributed by atoms with van der Waals surface area (Å²) in [7, 11) is 0. The second-order valence-electron chi connectivity index (χ2n) is 9.09. The molecule has 2 amide bonds. The third-order valence-corrected chi connectivity index (χ3v) is 6.59. The number of carbonyl (C=O) groups is 3. The maximum absolute atomic E-state index is 12.7. The zero-order chi connectivity index (χ0) is 24.7. The number of carboxylic acid groups (broad SMARTS) is 1. The largest absolute Gasteiger partial charge is 0.481 e. The van der Waals surface area contributed by atoms with Crippen LogP contribution in [0, 0.1) is 11.8 Å². The van der Waals surface area contributed by atoms with Crippen LogP contribution in [0.1, 0.15) is 57.1 Å². The van der Waals surface area contributed by atoms with Gasteiger partial charge in [-0.2, -0.15) is 0 Å². The summed E-state index contributed by atoms with van der Waals surface area (Å²) in [5, 5.41) is 14.5. The Morgan fingerprint density at radius 3 is 2.15 bits per heavy atom. The molecule has 0 heterocycles. The first kappa shape index (κ1) is 25.3. The van der Waals surface area contributed by atoms with Gasteiger partial charge >= 0.3 is 12.1 Å². The molecular weight excluding hydrogens is 432 g/mol. The molecule has 0 aliphatic heterocycles. The molecule has 34 heavy (non-hydrogen) atoms. The van der Waals surface area contributed by atoms with Gasteiger partial charge < -0.3 is 20.5 Å². The van der Waals surface area contributed by atoms with Gasteiger partial charge in [-0.15, -0.1) is 0 Å². The Morgan fingerprint density at radius 2 is 1.59 bits per heavy atom. The van der Waals surface area contributed by atoms with Crippen molar-refractivity contribution in [1.29, 1.82) is 0 Å². The summed E-state index contributed by atoms with van der Waals surface area (Å²) in [6.45, 7) is 6.05. The van der Waals surface area contributed by atoms with Crippen LogP contribution in [0.5, 0.6) is 0 Å². The molecule has 3 unspecified atom stereocenters. The van der Waals surface area contributed by atoms with Crippen molar-refractivity contribution in [1.82, 2.24) is 10.6 Å². The highest BCUT2D eigenvalue weighted by molar-refractivity contribution is 5.85. The molecule has 3 rings (SSSR count). The summed E-state index contributed by atoms with van der Waals surface area (Å²) >= 11 is 0. The van der Waals surface area contributed by atoms with Crippen LogP contribution >= 0.6 is 0 Å². The van der Waals surface area contributed by atoms with E-state index in [1.165, 1.54) is 0 Å². The van der Waals surface area contributed by atoms with E-state index in [4.69, 9.17) is 9.84 Å². The average molecular weight is 467 g/mol. The van der Waals surface area contributed by atoms with Crippen LogP contribution in [-0.2, 0) is 14.3 Å². The van der Waals surface area contributed by atoms with Gasteiger partial charge in [-0.1, -0.05) is 75.7 Å². The van der Waals surface area contributed by atoms with E-state index in [0.29, 0.717) is 12.8 Å². The van der Waals surface area contributed by atoms with Gasteiger partial charge in [-0.05, 0) is 41.0 Å². The number of carboxylic acids is 1. The summed E-state index contributed by atoms with van der Waals surface area (Å²) in [5.74, 6) is -1.61. The Kier molecular flexibility index (Phi) is 8.68. The highest BCUT2D eigenvalue weighted by Crippen LogP contribution is 2.44. The van der Waals surface area contributed by atoms with Crippen molar-refractivity contribution in [2.75, 3.05) is 13.2 Å². The van der Waals surface area contributed by atoms with E-state index in [9.17, 15) is 14.4 Å². The first-order valence-electron chi connectivity index (χ1n) is 11.9. The SMILES string of the molecule is CCC(C)CC(NC(=O)OCC1c2ccccc2-c2ccccc21)C(=O)NCCC(C)C(=O)O. The predicted molar refractivity (Wildman–Crippen MR) is 130 cm³/mol. The summed E-state index contributed by atoms with van der Waals surface area (Å²) < 4.78 is 5.60. The molecule has 0 saturated heterocycles. The van der Waals surface area contributed by atoms with Crippen molar-refractivity contribution < 1.29 is 24.2 Å². The Labute approximate surface area is 200 Å². The second-order valence-corrected chi connectivity index (χ2v) is 9.09. The van der Waals surface area contributed by atoms with Crippen molar-refractivity contribution in [3.05, 3.63) is 59.7 Å². The summed E-state index contributed by atoms with van der Waals surface area (Å²) in [6.07, 6.45) is 1.03. The number of hydrogen-bond donors (Lipinski definition) is 3. The number of ether oxygens (including phenoxy) is 1. The lowest BCUT2D eigenvalue weighted by molar-refractivity contribution is -0.141. The lowest BCUT2D eigenvalue weighted by atomic mass is 9.98. The number of nitrogens with one attached hydrogen (secondary N) is 2. The molecule has 182 valence electrons. The number of alkyl carbamates (subject to hydrolysis) is 1. The molecule has 1 aliphatic carbocycles. The van der Waals surface area contributed by atoms with E-state index in [-0.39, 0.29) is 30.9 Å².